The Morgan fingerprint density at radius 3 is 2.67 bits per heavy atom. The third kappa shape index (κ3) is 1.91. The Labute approximate surface area is 137 Å². The van der Waals surface area contributed by atoms with Crippen molar-refractivity contribution in [3.63, 3.8) is 0 Å². The van der Waals surface area contributed by atoms with Gasteiger partial charge in [0.25, 0.3) is 0 Å². The van der Waals surface area contributed by atoms with Crippen molar-refractivity contribution in [3.8, 4) is 0 Å². The van der Waals surface area contributed by atoms with Crippen LogP contribution >= 0.6 is 15.9 Å². The van der Waals surface area contributed by atoms with Gasteiger partial charge in [0.1, 0.15) is 0 Å². The lowest BCUT2D eigenvalue weighted by Gasteiger charge is -2.41. The lowest BCUT2D eigenvalue weighted by atomic mass is 9.69. The largest absolute Gasteiger partial charge is 0.307 e. The van der Waals surface area contributed by atoms with Crippen LogP contribution in [0.2, 0.25) is 0 Å². The summed E-state index contributed by atoms with van der Waals surface area (Å²) < 4.78 is 1.22. The van der Waals surface area contributed by atoms with E-state index in [0.29, 0.717) is 22.9 Å². The highest BCUT2D eigenvalue weighted by atomic mass is 79.9. The molecule has 1 aromatic carbocycles. The number of aryl methyl sites for hydroxylation is 1. The van der Waals surface area contributed by atoms with Gasteiger partial charge in [-0.15, -0.1) is 0 Å². The molecule has 4 atom stereocenters. The van der Waals surface area contributed by atoms with Gasteiger partial charge in [0.05, 0.1) is 0 Å². The van der Waals surface area contributed by atoms with Crippen LogP contribution in [0.15, 0.2) is 22.7 Å². The third-order valence-corrected chi connectivity index (χ3v) is 7.87. The normalized spacial score (nSPS) is 39.7. The number of hydrogen-bond donors (Lipinski definition) is 1. The van der Waals surface area contributed by atoms with E-state index in [-0.39, 0.29) is 0 Å². The number of nitrogens with one attached hydrogen (secondary N) is 1. The van der Waals surface area contributed by atoms with E-state index in [0.717, 1.165) is 5.92 Å². The van der Waals surface area contributed by atoms with Gasteiger partial charge in [-0.3, -0.25) is 0 Å². The maximum absolute atomic E-state index is 4.07. The fraction of sp³-hybridized carbons (Fsp3) is 0.684. The van der Waals surface area contributed by atoms with Crippen molar-refractivity contribution in [1.29, 1.82) is 0 Å². The predicted molar refractivity (Wildman–Crippen MR) is 91.4 cm³/mol. The molecule has 3 aliphatic carbocycles. The molecule has 1 aromatic rings. The molecule has 114 valence electrons. The van der Waals surface area contributed by atoms with Crippen molar-refractivity contribution in [1.82, 2.24) is 5.32 Å². The molecule has 0 radical (unpaired) electrons. The Kier molecular flexibility index (Phi) is 3.11. The molecule has 0 saturated heterocycles. The van der Waals surface area contributed by atoms with Crippen molar-refractivity contribution in [2.75, 3.05) is 0 Å². The van der Waals surface area contributed by atoms with E-state index in [4.69, 9.17) is 0 Å². The minimum absolute atomic E-state index is 0.482. The zero-order valence-corrected chi connectivity index (χ0v) is 15.0. The second kappa shape index (κ2) is 4.58. The molecule has 2 fully saturated rings. The molecule has 0 heterocycles. The van der Waals surface area contributed by atoms with Crippen molar-refractivity contribution >= 4 is 15.9 Å². The van der Waals surface area contributed by atoms with E-state index in [1.807, 2.05) is 0 Å². The van der Waals surface area contributed by atoms with E-state index < -0.39 is 0 Å². The van der Waals surface area contributed by atoms with Crippen molar-refractivity contribution < 1.29 is 0 Å². The minimum atomic E-state index is 0.482. The Balaban J connectivity index is 1.57. The summed E-state index contributed by atoms with van der Waals surface area (Å²) in [5, 5.41) is 4.07. The van der Waals surface area contributed by atoms with E-state index in [9.17, 15) is 0 Å². The average Bonchev–Trinajstić information content (AvgIpc) is 2.98. The molecular weight excluding hydrogens is 322 g/mol. The summed E-state index contributed by atoms with van der Waals surface area (Å²) in [6, 6.07) is 8.11. The Hall–Kier alpha value is -0.340. The molecule has 2 saturated carbocycles. The molecule has 2 heteroatoms. The molecule has 2 bridgehead atoms. The van der Waals surface area contributed by atoms with Gasteiger partial charge < -0.3 is 5.32 Å². The average molecular weight is 348 g/mol. The van der Waals surface area contributed by atoms with Crippen LogP contribution in [0, 0.1) is 16.7 Å². The molecule has 0 amide bonds. The molecular formula is C19H26BrN. The number of rotatable bonds is 2. The topological polar surface area (TPSA) is 12.0 Å². The lowest BCUT2D eigenvalue weighted by molar-refractivity contribution is 0.115. The van der Waals surface area contributed by atoms with Gasteiger partial charge in [0, 0.05) is 16.6 Å². The Morgan fingerprint density at radius 1 is 1.19 bits per heavy atom. The number of benzene rings is 1. The van der Waals surface area contributed by atoms with Gasteiger partial charge in [-0.2, -0.15) is 0 Å². The fourth-order valence-electron chi connectivity index (χ4n) is 5.46. The van der Waals surface area contributed by atoms with Crippen molar-refractivity contribution in [2.24, 2.45) is 16.7 Å². The Morgan fingerprint density at radius 2 is 2.00 bits per heavy atom. The second-order valence-electron chi connectivity index (χ2n) is 8.26. The molecule has 4 unspecified atom stereocenters. The van der Waals surface area contributed by atoms with Gasteiger partial charge in [-0.1, -0.05) is 42.8 Å². The predicted octanol–water partition coefficient (Wildman–Crippen LogP) is 5.24. The summed E-state index contributed by atoms with van der Waals surface area (Å²) in [7, 11) is 0. The first kappa shape index (κ1) is 14.3. The summed E-state index contributed by atoms with van der Waals surface area (Å²) in [4.78, 5) is 0. The van der Waals surface area contributed by atoms with Gasteiger partial charge in [-0.25, -0.2) is 0 Å². The smallest absolute Gasteiger partial charge is 0.0328 e. The number of hydrogen-bond acceptors (Lipinski definition) is 1. The van der Waals surface area contributed by atoms with Crippen LogP contribution in [0.3, 0.4) is 0 Å². The zero-order valence-electron chi connectivity index (χ0n) is 13.4. The first-order chi connectivity index (χ1) is 9.92. The van der Waals surface area contributed by atoms with Crippen LogP contribution in [0.5, 0.6) is 0 Å². The van der Waals surface area contributed by atoms with E-state index >= 15 is 0 Å². The molecule has 21 heavy (non-hydrogen) atoms. The molecule has 0 aliphatic heterocycles. The zero-order chi connectivity index (χ0) is 14.8. The highest BCUT2D eigenvalue weighted by Crippen LogP contribution is 2.65. The van der Waals surface area contributed by atoms with Crippen LogP contribution in [-0.2, 0) is 6.42 Å². The summed E-state index contributed by atoms with van der Waals surface area (Å²) in [5.74, 6) is 0.922. The third-order valence-electron chi connectivity index (χ3n) is 7.38. The highest BCUT2D eigenvalue weighted by molar-refractivity contribution is 9.10. The van der Waals surface area contributed by atoms with Crippen LogP contribution in [0.4, 0.5) is 0 Å². The maximum Gasteiger partial charge on any atom is 0.0328 e. The van der Waals surface area contributed by atoms with Crippen LogP contribution in [0.25, 0.3) is 0 Å². The quantitative estimate of drug-likeness (QED) is 0.771. The van der Waals surface area contributed by atoms with Gasteiger partial charge in [-0.05, 0) is 72.1 Å². The van der Waals surface area contributed by atoms with E-state index in [1.165, 1.54) is 42.1 Å². The summed E-state index contributed by atoms with van der Waals surface area (Å²) >= 11 is 3.60. The second-order valence-corrected chi connectivity index (χ2v) is 9.18. The van der Waals surface area contributed by atoms with E-state index in [2.05, 4.69) is 60.2 Å². The standard InChI is InChI=1S/C19H26BrN/c1-18(2)13-8-9-19(18,3)17(11-13)21-16-7-4-12-10-14(20)5-6-15(12)16/h5-6,10,13,16-17,21H,4,7-9,11H2,1-3H3. The van der Waals surface area contributed by atoms with Gasteiger partial charge in [0.15, 0.2) is 0 Å². The minimum Gasteiger partial charge on any atom is -0.307 e. The number of halogens is 1. The highest BCUT2D eigenvalue weighted by Gasteiger charge is 2.61. The van der Waals surface area contributed by atoms with E-state index in [1.54, 1.807) is 5.56 Å². The van der Waals surface area contributed by atoms with Crippen molar-refractivity contribution in [3.05, 3.63) is 33.8 Å². The fourth-order valence-corrected chi connectivity index (χ4v) is 5.87. The van der Waals surface area contributed by atoms with Gasteiger partial charge in [0.2, 0.25) is 0 Å². The monoisotopic (exact) mass is 347 g/mol. The number of fused-ring (bicyclic) bond motifs is 3. The Bertz CT molecular complexity index is 579. The van der Waals surface area contributed by atoms with Crippen molar-refractivity contribution in [2.45, 2.75) is 65.0 Å². The van der Waals surface area contributed by atoms with Crippen LogP contribution < -0.4 is 5.32 Å². The molecule has 4 rings (SSSR count). The first-order valence-corrected chi connectivity index (χ1v) is 9.25. The maximum atomic E-state index is 4.07. The van der Waals surface area contributed by atoms with Crippen LogP contribution in [0.1, 0.15) is 63.6 Å². The summed E-state index contributed by atoms with van der Waals surface area (Å²) in [6.07, 6.45) is 6.72. The van der Waals surface area contributed by atoms with Crippen LogP contribution in [-0.4, -0.2) is 6.04 Å². The first-order valence-electron chi connectivity index (χ1n) is 8.46. The molecule has 0 spiro atoms. The SMILES string of the molecule is CC1(C)C2CCC1(C)C(NC1CCc3cc(Br)ccc31)C2. The van der Waals surface area contributed by atoms with Gasteiger partial charge >= 0.3 is 0 Å². The summed E-state index contributed by atoms with van der Waals surface area (Å²) in [6.45, 7) is 7.55. The molecule has 0 aromatic heterocycles. The lowest BCUT2D eigenvalue weighted by Crippen LogP contribution is -2.45. The summed E-state index contributed by atoms with van der Waals surface area (Å²) in [5.41, 5.74) is 4.07. The molecule has 3 aliphatic rings. The molecule has 1 N–H and O–H groups in total. The molecule has 1 nitrogen and oxygen atoms in total.